The van der Waals surface area contributed by atoms with Gasteiger partial charge < -0.3 is 10.1 Å². The van der Waals surface area contributed by atoms with E-state index in [1.807, 2.05) is 12.1 Å². The van der Waals surface area contributed by atoms with Gasteiger partial charge in [0.15, 0.2) is 5.11 Å². The molecule has 2 N–H and O–H groups in total. The van der Waals surface area contributed by atoms with Crippen LogP contribution in [0.4, 0.5) is 0 Å². The molecule has 1 aromatic carbocycles. The summed E-state index contributed by atoms with van der Waals surface area (Å²) in [6.07, 6.45) is 1.68. The van der Waals surface area contributed by atoms with Crippen molar-refractivity contribution in [1.82, 2.24) is 10.6 Å². The molecule has 0 unspecified atom stereocenters. The number of nitrogens with one attached hydrogen (secondary N) is 2. The highest BCUT2D eigenvalue weighted by Crippen LogP contribution is 2.34. The number of amides is 1. The smallest absolute Gasteiger partial charge is 0.273 e. The van der Waals surface area contributed by atoms with E-state index < -0.39 is 0 Å². The fourth-order valence-corrected chi connectivity index (χ4v) is 3.16. The topological polar surface area (TPSA) is 50.4 Å². The lowest BCUT2D eigenvalue weighted by Crippen LogP contribution is -2.21. The van der Waals surface area contributed by atoms with Crippen LogP contribution in [-0.4, -0.2) is 18.1 Å². The van der Waals surface area contributed by atoms with E-state index in [-0.39, 0.29) is 5.91 Å². The maximum atomic E-state index is 11.6. The van der Waals surface area contributed by atoms with E-state index >= 15 is 0 Å². The molecule has 1 saturated heterocycles. The number of methoxy groups -OCH3 is 1. The lowest BCUT2D eigenvalue weighted by Gasteiger charge is -2.08. The van der Waals surface area contributed by atoms with Crippen molar-refractivity contribution in [2.45, 2.75) is 0 Å². The normalized spacial score (nSPS) is 16.7. The highest BCUT2D eigenvalue weighted by molar-refractivity contribution is 9.11. The van der Waals surface area contributed by atoms with Crippen molar-refractivity contribution < 1.29 is 9.53 Å². The minimum Gasteiger partial charge on any atom is -0.495 e. The van der Waals surface area contributed by atoms with Gasteiger partial charge in [-0.15, -0.1) is 0 Å². The van der Waals surface area contributed by atoms with Crippen LogP contribution >= 0.6 is 44.1 Å². The highest BCUT2D eigenvalue weighted by Gasteiger charge is 2.21. The summed E-state index contributed by atoms with van der Waals surface area (Å²) >= 11 is 11.7. The number of carbonyl (C=O) groups excluding carboxylic acids is 1. The Balaban J connectivity index is 2.48. The van der Waals surface area contributed by atoms with Gasteiger partial charge in [-0.25, -0.2) is 0 Å². The molecule has 94 valence electrons. The highest BCUT2D eigenvalue weighted by atomic mass is 79.9. The maximum absolute atomic E-state index is 11.6. The van der Waals surface area contributed by atoms with Crippen LogP contribution < -0.4 is 15.4 Å². The molecule has 0 aromatic heterocycles. The molecule has 1 aliphatic rings. The van der Waals surface area contributed by atoms with Crippen molar-refractivity contribution in [2.75, 3.05) is 7.11 Å². The summed E-state index contributed by atoms with van der Waals surface area (Å²) in [5.74, 6) is 0.399. The average Bonchev–Trinajstić information content (AvgIpc) is 2.57. The van der Waals surface area contributed by atoms with E-state index in [0.717, 1.165) is 14.5 Å². The summed E-state index contributed by atoms with van der Waals surface area (Å²) in [6, 6.07) is 3.72. The Hall–Kier alpha value is -0.920. The van der Waals surface area contributed by atoms with E-state index in [4.69, 9.17) is 17.0 Å². The summed E-state index contributed by atoms with van der Waals surface area (Å²) < 4.78 is 6.97. The van der Waals surface area contributed by atoms with Crippen molar-refractivity contribution in [3.63, 3.8) is 0 Å². The minimum absolute atomic E-state index is 0.252. The molecular formula is C11H8Br2N2O2S. The third kappa shape index (κ3) is 2.73. The van der Waals surface area contributed by atoms with Crippen LogP contribution in [0.15, 0.2) is 26.8 Å². The molecule has 0 atom stereocenters. The van der Waals surface area contributed by atoms with Gasteiger partial charge in [0.1, 0.15) is 11.4 Å². The molecule has 0 bridgehead atoms. The minimum atomic E-state index is -0.252. The van der Waals surface area contributed by atoms with Crippen molar-refractivity contribution in [1.29, 1.82) is 0 Å². The molecule has 4 nitrogen and oxygen atoms in total. The largest absolute Gasteiger partial charge is 0.495 e. The number of thiocarbonyl (C=S) groups is 1. The van der Waals surface area contributed by atoms with Crippen LogP contribution in [0.25, 0.3) is 6.08 Å². The lowest BCUT2D eigenvalue weighted by molar-refractivity contribution is -0.115. The van der Waals surface area contributed by atoms with E-state index in [9.17, 15) is 4.79 Å². The zero-order valence-electron chi connectivity index (χ0n) is 9.21. The fourth-order valence-electron chi connectivity index (χ4n) is 1.54. The predicted molar refractivity (Wildman–Crippen MR) is 80.2 cm³/mol. The van der Waals surface area contributed by atoms with E-state index in [0.29, 0.717) is 16.6 Å². The number of benzene rings is 1. The first-order valence-corrected chi connectivity index (χ1v) is 6.87. The van der Waals surface area contributed by atoms with Gasteiger partial charge in [-0.3, -0.25) is 10.1 Å². The van der Waals surface area contributed by atoms with Crippen LogP contribution in [-0.2, 0) is 4.79 Å². The van der Waals surface area contributed by atoms with Crippen LogP contribution in [0.3, 0.4) is 0 Å². The van der Waals surface area contributed by atoms with Gasteiger partial charge in [0.25, 0.3) is 5.91 Å². The monoisotopic (exact) mass is 390 g/mol. The first-order chi connectivity index (χ1) is 8.51. The molecule has 1 aromatic rings. The number of hydrogen-bond acceptors (Lipinski definition) is 3. The van der Waals surface area contributed by atoms with Crippen LogP contribution in [0.2, 0.25) is 0 Å². The number of carbonyl (C=O) groups is 1. The van der Waals surface area contributed by atoms with Crippen LogP contribution in [0.1, 0.15) is 5.56 Å². The number of ether oxygens (including phenoxy) is 1. The summed E-state index contributed by atoms with van der Waals surface area (Å²) in [5, 5.41) is 5.60. The number of halogens is 2. The Kier molecular flexibility index (Phi) is 4.04. The van der Waals surface area contributed by atoms with Crippen molar-refractivity contribution >= 4 is 61.2 Å². The first kappa shape index (κ1) is 13.5. The lowest BCUT2D eigenvalue weighted by atomic mass is 10.1. The number of rotatable bonds is 2. The van der Waals surface area contributed by atoms with Crippen LogP contribution in [0, 0.1) is 0 Å². The van der Waals surface area contributed by atoms with E-state index in [2.05, 4.69) is 42.5 Å². The molecule has 0 spiro atoms. The van der Waals surface area contributed by atoms with Gasteiger partial charge in [0.05, 0.1) is 11.6 Å². The summed E-state index contributed by atoms with van der Waals surface area (Å²) in [7, 11) is 1.57. The predicted octanol–water partition coefficient (Wildman–Crippen LogP) is 2.57. The summed E-state index contributed by atoms with van der Waals surface area (Å²) in [6.45, 7) is 0. The molecule has 1 heterocycles. The van der Waals surface area contributed by atoms with E-state index in [1.54, 1.807) is 13.2 Å². The first-order valence-electron chi connectivity index (χ1n) is 4.88. The fraction of sp³-hybridized carbons (Fsp3) is 0.0909. The number of hydrogen-bond donors (Lipinski definition) is 2. The third-order valence-corrected chi connectivity index (χ3v) is 3.51. The average molecular weight is 392 g/mol. The van der Waals surface area contributed by atoms with Crippen molar-refractivity contribution in [2.24, 2.45) is 0 Å². The second-order valence-corrected chi connectivity index (χ2v) is 5.65. The Labute approximate surface area is 126 Å². The Bertz CT molecular complexity index is 572. The van der Waals surface area contributed by atoms with Gasteiger partial charge in [-0.2, -0.15) is 0 Å². The summed E-state index contributed by atoms with van der Waals surface area (Å²) in [5.41, 5.74) is 1.16. The second-order valence-electron chi connectivity index (χ2n) is 3.48. The summed E-state index contributed by atoms with van der Waals surface area (Å²) in [4.78, 5) is 11.6. The van der Waals surface area contributed by atoms with Gasteiger partial charge >= 0.3 is 0 Å². The molecule has 1 fully saturated rings. The van der Waals surface area contributed by atoms with Gasteiger partial charge in [0, 0.05) is 10.0 Å². The molecule has 7 heteroatoms. The molecule has 2 rings (SSSR count). The molecule has 1 amide bonds. The Morgan fingerprint density at radius 3 is 2.61 bits per heavy atom. The quantitative estimate of drug-likeness (QED) is 0.600. The Morgan fingerprint density at radius 2 is 2.06 bits per heavy atom. The van der Waals surface area contributed by atoms with Gasteiger partial charge in [-0.1, -0.05) is 15.9 Å². The van der Waals surface area contributed by atoms with Crippen LogP contribution in [0.5, 0.6) is 5.75 Å². The van der Waals surface area contributed by atoms with Gasteiger partial charge in [0.2, 0.25) is 0 Å². The standard InChI is InChI=1S/C11H8Br2N2O2S/c1-17-9-5(2-6(12)4-7(9)13)3-8-10(16)15-11(18)14-8/h2-4H,1H3,(H2,14,15,16,18). The molecule has 0 saturated carbocycles. The van der Waals surface area contributed by atoms with Gasteiger partial charge in [-0.05, 0) is 46.4 Å². The van der Waals surface area contributed by atoms with Crippen molar-refractivity contribution in [3.8, 4) is 5.75 Å². The maximum Gasteiger partial charge on any atom is 0.273 e. The van der Waals surface area contributed by atoms with E-state index in [1.165, 1.54) is 0 Å². The molecule has 18 heavy (non-hydrogen) atoms. The molecule has 1 aliphatic heterocycles. The SMILES string of the molecule is COc1c(Br)cc(Br)cc1C=C1NC(=S)NC1=O. The molecule has 0 radical (unpaired) electrons. The zero-order valence-corrected chi connectivity index (χ0v) is 13.2. The molecule has 0 aliphatic carbocycles. The molecular weight excluding hydrogens is 384 g/mol. The zero-order chi connectivity index (χ0) is 13.3. The Morgan fingerprint density at radius 1 is 1.33 bits per heavy atom. The van der Waals surface area contributed by atoms with Crippen molar-refractivity contribution in [3.05, 3.63) is 32.3 Å². The second kappa shape index (κ2) is 5.38. The third-order valence-electron chi connectivity index (χ3n) is 2.26.